The summed E-state index contributed by atoms with van der Waals surface area (Å²) in [6, 6.07) is 16.1. The summed E-state index contributed by atoms with van der Waals surface area (Å²) in [5.74, 6) is 1.29. The van der Waals surface area contributed by atoms with Crippen LogP contribution in [0, 0.1) is 6.92 Å². The first-order valence-corrected chi connectivity index (χ1v) is 10.3. The number of benzene rings is 1. The van der Waals surface area contributed by atoms with Gasteiger partial charge in [-0.3, -0.25) is 4.98 Å². The van der Waals surface area contributed by atoms with Crippen LogP contribution in [0.1, 0.15) is 11.1 Å². The first kappa shape index (κ1) is 19.2. The zero-order valence-electron chi connectivity index (χ0n) is 17.3. The number of pyridine rings is 1. The molecule has 0 saturated carbocycles. The Hall–Kier alpha value is -3.78. The topological polar surface area (TPSA) is 79.9 Å². The second-order valence-electron chi connectivity index (χ2n) is 7.42. The van der Waals surface area contributed by atoms with Crippen LogP contribution in [0.2, 0.25) is 0 Å². The first-order valence-electron chi connectivity index (χ1n) is 10.3. The van der Waals surface area contributed by atoms with E-state index < -0.39 is 0 Å². The van der Waals surface area contributed by atoms with E-state index in [1.807, 2.05) is 41.0 Å². The summed E-state index contributed by atoms with van der Waals surface area (Å²) in [6.45, 7) is 4.98. The molecule has 0 atom stereocenters. The van der Waals surface area contributed by atoms with E-state index in [2.05, 4.69) is 50.6 Å². The molecule has 0 aliphatic carbocycles. The molecule has 0 bridgehead atoms. The normalized spacial score (nSPS) is 14.4. The van der Waals surface area contributed by atoms with E-state index >= 15 is 0 Å². The number of fused-ring (bicyclic) bond motifs is 1. The molecule has 0 radical (unpaired) electrons. The number of rotatable bonds is 5. The molecule has 31 heavy (non-hydrogen) atoms. The van der Waals surface area contributed by atoms with E-state index in [0.717, 1.165) is 41.2 Å². The second-order valence-corrected chi connectivity index (χ2v) is 7.42. The van der Waals surface area contributed by atoms with Crippen molar-refractivity contribution >= 4 is 23.5 Å². The molecule has 3 aromatic heterocycles. The van der Waals surface area contributed by atoms with Gasteiger partial charge in [-0.05, 0) is 30.7 Å². The standard InChI is InChI=1S/C23H23N7O/c1-17-5-4-6-18(13-17)15-25-27-23-26-22(29-9-11-31-12-10-29)21-14-19(16-30(21)28-23)20-7-2-3-8-24-20/h2-8,13-16H,9-12H2,1H3,(H,27,28)/b25-15+. The van der Waals surface area contributed by atoms with E-state index in [1.54, 1.807) is 12.4 Å². The highest BCUT2D eigenvalue weighted by Gasteiger charge is 2.19. The minimum absolute atomic E-state index is 0.432. The summed E-state index contributed by atoms with van der Waals surface area (Å²) in [7, 11) is 0. The Kier molecular flexibility index (Phi) is 5.28. The van der Waals surface area contributed by atoms with Gasteiger partial charge in [-0.1, -0.05) is 35.9 Å². The fourth-order valence-electron chi connectivity index (χ4n) is 3.63. The summed E-state index contributed by atoms with van der Waals surface area (Å²) >= 11 is 0. The molecule has 8 nitrogen and oxygen atoms in total. The van der Waals surface area contributed by atoms with E-state index in [9.17, 15) is 0 Å². The Balaban J connectivity index is 1.50. The quantitative estimate of drug-likeness (QED) is 0.399. The largest absolute Gasteiger partial charge is 0.378 e. The molecule has 4 heterocycles. The molecule has 1 aliphatic heterocycles. The zero-order valence-corrected chi connectivity index (χ0v) is 17.3. The van der Waals surface area contributed by atoms with Crippen molar-refractivity contribution in [2.24, 2.45) is 5.10 Å². The van der Waals surface area contributed by atoms with Gasteiger partial charge in [-0.2, -0.15) is 10.1 Å². The maximum absolute atomic E-state index is 5.52. The van der Waals surface area contributed by atoms with E-state index in [1.165, 1.54) is 5.56 Å². The van der Waals surface area contributed by atoms with Crippen LogP contribution in [-0.4, -0.2) is 52.1 Å². The smallest absolute Gasteiger partial charge is 0.263 e. The number of hydrogen-bond donors (Lipinski definition) is 1. The Bertz CT molecular complexity index is 1210. The number of nitrogens with one attached hydrogen (secondary N) is 1. The predicted octanol–water partition coefficient (Wildman–Crippen LogP) is 3.38. The number of morpholine rings is 1. The van der Waals surface area contributed by atoms with Crippen molar-refractivity contribution in [3.8, 4) is 11.3 Å². The van der Waals surface area contributed by atoms with Gasteiger partial charge in [-0.15, -0.1) is 5.10 Å². The summed E-state index contributed by atoms with van der Waals surface area (Å²) < 4.78 is 7.36. The van der Waals surface area contributed by atoms with Gasteiger partial charge < -0.3 is 9.64 Å². The van der Waals surface area contributed by atoms with Crippen LogP contribution < -0.4 is 10.3 Å². The van der Waals surface area contributed by atoms with E-state index in [4.69, 9.17) is 9.72 Å². The molecule has 1 aliphatic rings. The number of nitrogens with zero attached hydrogens (tertiary/aromatic N) is 6. The Labute approximate surface area is 180 Å². The highest BCUT2D eigenvalue weighted by Crippen LogP contribution is 2.27. The van der Waals surface area contributed by atoms with E-state index in [0.29, 0.717) is 19.2 Å². The number of ether oxygens (including phenoxy) is 1. The van der Waals surface area contributed by atoms with Crippen molar-refractivity contribution in [2.75, 3.05) is 36.6 Å². The minimum atomic E-state index is 0.432. The fraction of sp³-hybridized carbons (Fsp3) is 0.217. The molecular formula is C23H23N7O. The molecule has 0 amide bonds. The fourth-order valence-corrected chi connectivity index (χ4v) is 3.63. The highest BCUT2D eigenvalue weighted by atomic mass is 16.5. The van der Waals surface area contributed by atoms with Gasteiger partial charge >= 0.3 is 0 Å². The third kappa shape index (κ3) is 4.24. The van der Waals surface area contributed by atoms with Crippen molar-refractivity contribution in [2.45, 2.75) is 6.92 Å². The average Bonchev–Trinajstić information content (AvgIpc) is 3.24. The lowest BCUT2D eigenvalue weighted by Gasteiger charge is -2.28. The Morgan fingerprint density at radius 3 is 2.81 bits per heavy atom. The molecule has 1 saturated heterocycles. The molecule has 4 aromatic rings. The molecule has 1 fully saturated rings. The number of hydrazone groups is 1. The van der Waals surface area contributed by atoms with Gasteiger partial charge in [0.2, 0.25) is 0 Å². The van der Waals surface area contributed by atoms with Gasteiger partial charge in [0.05, 0.1) is 25.1 Å². The minimum Gasteiger partial charge on any atom is -0.378 e. The molecule has 156 valence electrons. The van der Waals surface area contributed by atoms with Crippen LogP contribution in [-0.2, 0) is 4.74 Å². The summed E-state index contributed by atoms with van der Waals surface area (Å²) in [5, 5.41) is 8.96. The maximum Gasteiger partial charge on any atom is 0.263 e. The molecular weight excluding hydrogens is 390 g/mol. The van der Waals surface area contributed by atoms with Gasteiger partial charge in [0.1, 0.15) is 5.52 Å². The van der Waals surface area contributed by atoms with Gasteiger partial charge in [0.25, 0.3) is 5.95 Å². The molecule has 1 N–H and O–H groups in total. The van der Waals surface area contributed by atoms with Crippen molar-refractivity contribution in [3.63, 3.8) is 0 Å². The Morgan fingerprint density at radius 1 is 1.10 bits per heavy atom. The van der Waals surface area contributed by atoms with Gasteiger partial charge in [0.15, 0.2) is 5.82 Å². The van der Waals surface area contributed by atoms with Crippen molar-refractivity contribution in [1.29, 1.82) is 0 Å². The summed E-state index contributed by atoms with van der Waals surface area (Å²) in [4.78, 5) is 11.5. The molecule has 5 rings (SSSR count). The number of hydrogen-bond acceptors (Lipinski definition) is 7. The van der Waals surface area contributed by atoms with Crippen LogP contribution in [0.15, 0.2) is 66.0 Å². The third-order valence-corrected chi connectivity index (χ3v) is 5.14. The predicted molar refractivity (Wildman–Crippen MR) is 122 cm³/mol. The van der Waals surface area contributed by atoms with Crippen LogP contribution in [0.4, 0.5) is 11.8 Å². The summed E-state index contributed by atoms with van der Waals surface area (Å²) in [6.07, 6.45) is 5.53. The monoisotopic (exact) mass is 413 g/mol. The molecule has 8 heteroatoms. The number of anilines is 2. The van der Waals surface area contributed by atoms with Crippen molar-refractivity contribution in [1.82, 2.24) is 19.6 Å². The van der Waals surface area contributed by atoms with Crippen LogP contribution in [0.3, 0.4) is 0 Å². The van der Waals surface area contributed by atoms with E-state index in [-0.39, 0.29) is 0 Å². The van der Waals surface area contributed by atoms with Gasteiger partial charge in [-0.25, -0.2) is 9.94 Å². The Morgan fingerprint density at radius 2 is 2.00 bits per heavy atom. The number of aromatic nitrogens is 4. The van der Waals surface area contributed by atoms with Gasteiger partial charge in [0, 0.05) is 31.0 Å². The zero-order chi connectivity index (χ0) is 21.0. The van der Waals surface area contributed by atoms with Crippen molar-refractivity contribution in [3.05, 3.63) is 72.1 Å². The second kappa shape index (κ2) is 8.53. The van der Waals surface area contributed by atoms with Crippen LogP contribution in [0.5, 0.6) is 0 Å². The molecule has 1 aromatic carbocycles. The molecule has 0 unspecified atom stereocenters. The third-order valence-electron chi connectivity index (χ3n) is 5.14. The average molecular weight is 413 g/mol. The first-order chi connectivity index (χ1) is 15.3. The molecule has 0 spiro atoms. The summed E-state index contributed by atoms with van der Waals surface area (Å²) in [5.41, 5.74) is 8.00. The van der Waals surface area contributed by atoms with Crippen molar-refractivity contribution < 1.29 is 4.74 Å². The van der Waals surface area contributed by atoms with Crippen LogP contribution in [0.25, 0.3) is 16.8 Å². The highest BCUT2D eigenvalue weighted by molar-refractivity contribution is 5.80. The van der Waals surface area contributed by atoms with Crippen LogP contribution >= 0.6 is 0 Å². The lowest BCUT2D eigenvalue weighted by Crippen LogP contribution is -2.37. The lowest BCUT2D eigenvalue weighted by atomic mass is 10.2. The number of aryl methyl sites for hydroxylation is 1. The lowest BCUT2D eigenvalue weighted by molar-refractivity contribution is 0.122. The maximum atomic E-state index is 5.52. The SMILES string of the molecule is Cc1cccc(/C=N/Nc2nc(N3CCOCC3)c3cc(-c4ccccn4)cn3n2)c1.